The number of sulfonamides is 1. The van der Waals surface area contributed by atoms with Crippen molar-refractivity contribution in [2.45, 2.75) is 44.6 Å². The Bertz CT molecular complexity index is 991. The van der Waals surface area contributed by atoms with E-state index in [1.54, 1.807) is 25.1 Å². The van der Waals surface area contributed by atoms with Crippen LogP contribution in [0, 0.1) is 0 Å². The predicted octanol–water partition coefficient (Wildman–Crippen LogP) is 3.27. The lowest BCUT2D eigenvalue weighted by Crippen LogP contribution is -2.57. The van der Waals surface area contributed by atoms with Crippen LogP contribution in [0.15, 0.2) is 24.3 Å². The number of nitrogens with one attached hydrogen (secondary N) is 2. The normalized spacial score (nSPS) is 16.6. The molecule has 1 amide bonds. The number of carbonyl (C=O) groups excluding carboxylic acids is 2. The molecule has 0 saturated heterocycles. The number of ether oxygens (including phenoxy) is 1. The molecule has 152 valence electrons. The summed E-state index contributed by atoms with van der Waals surface area (Å²) in [5, 5.41) is 3.67. The van der Waals surface area contributed by atoms with Crippen LogP contribution in [0.1, 0.15) is 48.7 Å². The topological polar surface area (TPSA) is 102 Å². The Morgan fingerprint density at radius 3 is 2.54 bits per heavy atom. The Hall–Kier alpha value is -1.97. The Kier molecular flexibility index (Phi) is 6.07. The van der Waals surface area contributed by atoms with E-state index in [4.69, 9.17) is 4.74 Å². The molecule has 1 aromatic carbocycles. The molecule has 9 heteroatoms. The number of hydrogen-bond donors (Lipinski definition) is 2. The number of anilines is 1. The fourth-order valence-corrected chi connectivity index (χ4v) is 5.50. The van der Waals surface area contributed by atoms with Gasteiger partial charge in [-0.2, -0.15) is 4.72 Å². The van der Waals surface area contributed by atoms with Crippen molar-refractivity contribution >= 4 is 49.0 Å². The maximum absolute atomic E-state index is 13.0. The standard InChI is InChI=1S/C19H24N2O5S2/c1-3-26-17(22)16-12-13-11-14(7-8-15(13)27-16)20-18(23)19(21-28(2,24)25)9-5-4-6-10-19/h7-8,11-12,21H,3-6,9-10H2,1-2H3,(H,20,23). The molecule has 0 atom stereocenters. The number of rotatable bonds is 6. The number of amides is 1. The quantitative estimate of drug-likeness (QED) is 0.693. The van der Waals surface area contributed by atoms with E-state index in [-0.39, 0.29) is 11.9 Å². The van der Waals surface area contributed by atoms with E-state index in [0.29, 0.717) is 30.0 Å². The summed E-state index contributed by atoms with van der Waals surface area (Å²) in [5.41, 5.74) is -0.558. The molecule has 1 heterocycles. The predicted molar refractivity (Wildman–Crippen MR) is 110 cm³/mol. The highest BCUT2D eigenvalue weighted by Gasteiger charge is 2.41. The number of carbonyl (C=O) groups is 2. The summed E-state index contributed by atoms with van der Waals surface area (Å²) < 4.78 is 32.1. The molecular weight excluding hydrogens is 400 g/mol. The lowest BCUT2D eigenvalue weighted by Gasteiger charge is -2.35. The molecule has 1 aromatic heterocycles. The Labute approximate surface area is 168 Å². The molecule has 28 heavy (non-hydrogen) atoms. The number of esters is 1. The van der Waals surface area contributed by atoms with Crippen LogP contribution in [0.2, 0.25) is 0 Å². The molecule has 1 fully saturated rings. The zero-order chi connectivity index (χ0) is 20.4. The van der Waals surface area contributed by atoms with Crippen LogP contribution in [-0.4, -0.2) is 38.7 Å². The molecule has 3 rings (SSSR count). The van der Waals surface area contributed by atoms with Gasteiger partial charge in [0.15, 0.2) is 0 Å². The highest BCUT2D eigenvalue weighted by Crippen LogP contribution is 2.32. The van der Waals surface area contributed by atoms with Gasteiger partial charge in [0, 0.05) is 10.4 Å². The van der Waals surface area contributed by atoms with E-state index >= 15 is 0 Å². The van der Waals surface area contributed by atoms with Gasteiger partial charge in [0.2, 0.25) is 15.9 Å². The third kappa shape index (κ3) is 4.71. The van der Waals surface area contributed by atoms with Crippen molar-refractivity contribution in [1.82, 2.24) is 4.72 Å². The Balaban J connectivity index is 1.83. The zero-order valence-electron chi connectivity index (χ0n) is 15.9. The van der Waals surface area contributed by atoms with Crippen LogP contribution < -0.4 is 10.0 Å². The molecule has 1 saturated carbocycles. The maximum Gasteiger partial charge on any atom is 0.348 e. The highest BCUT2D eigenvalue weighted by atomic mass is 32.2. The van der Waals surface area contributed by atoms with Crippen LogP contribution >= 0.6 is 11.3 Å². The van der Waals surface area contributed by atoms with Crippen molar-refractivity contribution in [3.05, 3.63) is 29.1 Å². The van der Waals surface area contributed by atoms with E-state index in [0.717, 1.165) is 35.6 Å². The van der Waals surface area contributed by atoms with Gasteiger partial charge < -0.3 is 10.1 Å². The van der Waals surface area contributed by atoms with Crippen molar-refractivity contribution in [3.8, 4) is 0 Å². The fraction of sp³-hybridized carbons (Fsp3) is 0.474. The largest absolute Gasteiger partial charge is 0.462 e. The molecular formula is C19H24N2O5S2. The van der Waals surface area contributed by atoms with Crippen molar-refractivity contribution in [1.29, 1.82) is 0 Å². The van der Waals surface area contributed by atoms with Gasteiger partial charge in [-0.3, -0.25) is 4.79 Å². The first kappa shape index (κ1) is 20.8. The second-order valence-electron chi connectivity index (χ2n) is 7.05. The van der Waals surface area contributed by atoms with E-state index in [2.05, 4.69) is 10.0 Å². The molecule has 7 nitrogen and oxygen atoms in total. The average molecular weight is 425 g/mol. The minimum absolute atomic E-state index is 0.309. The second-order valence-corrected chi connectivity index (χ2v) is 9.89. The summed E-state index contributed by atoms with van der Waals surface area (Å²) >= 11 is 1.33. The lowest BCUT2D eigenvalue weighted by molar-refractivity contribution is -0.122. The van der Waals surface area contributed by atoms with Crippen LogP contribution in [0.3, 0.4) is 0 Å². The first-order valence-corrected chi connectivity index (χ1v) is 11.9. The number of benzene rings is 1. The fourth-order valence-electron chi connectivity index (χ4n) is 3.56. The summed E-state index contributed by atoms with van der Waals surface area (Å²) in [4.78, 5) is 25.4. The van der Waals surface area contributed by atoms with E-state index in [1.807, 2.05) is 6.07 Å². The molecule has 0 unspecified atom stereocenters. The summed E-state index contributed by atoms with van der Waals surface area (Å²) in [5.74, 6) is -0.717. The summed E-state index contributed by atoms with van der Waals surface area (Å²) in [6.07, 6.45) is 4.59. The van der Waals surface area contributed by atoms with Gasteiger partial charge in [0.25, 0.3) is 0 Å². The first-order chi connectivity index (χ1) is 13.2. The second kappa shape index (κ2) is 8.18. The van der Waals surface area contributed by atoms with Crippen LogP contribution in [0.5, 0.6) is 0 Å². The van der Waals surface area contributed by atoms with Crippen LogP contribution in [-0.2, 0) is 19.6 Å². The third-order valence-corrected chi connectivity index (χ3v) is 6.63. The zero-order valence-corrected chi connectivity index (χ0v) is 17.5. The van der Waals surface area contributed by atoms with Crippen LogP contribution in [0.4, 0.5) is 5.69 Å². The summed E-state index contributed by atoms with van der Waals surface area (Å²) in [6, 6.07) is 7.10. The first-order valence-electron chi connectivity index (χ1n) is 9.23. The van der Waals surface area contributed by atoms with Crippen molar-refractivity contribution < 1.29 is 22.7 Å². The van der Waals surface area contributed by atoms with E-state index in [1.165, 1.54) is 11.3 Å². The van der Waals surface area contributed by atoms with Crippen molar-refractivity contribution in [2.24, 2.45) is 0 Å². The molecule has 0 aliphatic heterocycles. The van der Waals surface area contributed by atoms with Gasteiger partial charge in [-0.1, -0.05) is 19.3 Å². The minimum Gasteiger partial charge on any atom is -0.462 e. The van der Waals surface area contributed by atoms with Crippen LogP contribution in [0.25, 0.3) is 10.1 Å². The van der Waals surface area contributed by atoms with Gasteiger partial charge in [0.05, 0.1) is 12.9 Å². The van der Waals surface area contributed by atoms with E-state index in [9.17, 15) is 18.0 Å². The van der Waals surface area contributed by atoms with Crippen molar-refractivity contribution in [3.63, 3.8) is 0 Å². The molecule has 0 spiro atoms. The minimum atomic E-state index is -3.53. The molecule has 1 aliphatic rings. The monoisotopic (exact) mass is 424 g/mol. The lowest BCUT2D eigenvalue weighted by atomic mass is 9.82. The van der Waals surface area contributed by atoms with Gasteiger partial charge in [-0.15, -0.1) is 11.3 Å². The van der Waals surface area contributed by atoms with E-state index < -0.39 is 15.6 Å². The van der Waals surface area contributed by atoms with Gasteiger partial charge in [-0.25, -0.2) is 13.2 Å². The molecule has 2 N–H and O–H groups in total. The number of hydrogen-bond acceptors (Lipinski definition) is 6. The Morgan fingerprint density at radius 2 is 1.89 bits per heavy atom. The van der Waals surface area contributed by atoms with Gasteiger partial charge >= 0.3 is 5.97 Å². The van der Waals surface area contributed by atoms with Gasteiger partial charge in [0.1, 0.15) is 10.4 Å². The SMILES string of the molecule is CCOC(=O)c1cc2cc(NC(=O)C3(NS(C)(=O)=O)CCCCC3)ccc2s1. The summed E-state index contributed by atoms with van der Waals surface area (Å²) in [6.45, 7) is 2.06. The molecule has 1 aliphatic carbocycles. The molecule has 2 aromatic rings. The third-order valence-electron chi connectivity index (χ3n) is 4.77. The number of thiophene rings is 1. The molecule has 0 bridgehead atoms. The number of fused-ring (bicyclic) bond motifs is 1. The van der Waals surface area contributed by atoms with Gasteiger partial charge in [-0.05, 0) is 49.4 Å². The Morgan fingerprint density at radius 1 is 1.18 bits per heavy atom. The molecule has 0 radical (unpaired) electrons. The maximum atomic E-state index is 13.0. The van der Waals surface area contributed by atoms with Crippen molar-refractivity contribution in [2.75, 3.05) is 18.2 Å². The average Bonchev–Trinajstić information content (AvgIpc) is 3.05. The smallest absolute Gasteiger partial charge is 0.348 e. The summed E-state index contributed by atoms with van der Waals surface area (Å²) in [7, 11) is -3.53. The highest BCUT2D eigenvalue weighted by molar-refractivity contribution is 7.88.